The van der Waals surface area contributed by atoms with Crippen molar-refractivity contribution in [3.05, 3.63) is 77.9 Å². The number of benzene rings is 4. The number of hydrogen-bond acceptors (Lipinski definition) is 4. The fourth-order valence-corrected chi connectivity index (χ4v) is 8.56. The molecule has 0 atom stereocenters. The average Bonchev–Trinajstić information content (AvgIpc) is 3.53. The van der Waals surface area contributed by atoms with E-state index in [-0.39, 0.29) is 0 Å². The summed E-state index contributed by atoms with van der Waals surface area (Å²) in [7, 11) is 5.85. The summed E-state index contributed by atoms with van der Waals surface area (Å²) in [5.74, 6) is 3.61. The molecular weight excluding hydrogens is 589 g/mol. The smallest absolute Gasteiger partial charge is 0.270 e. The normalized spacial score (nSPS) is 13.5. The molecule has 0 bridgehead atoms. The monoisotopic (exact) mass is 639 g/mol. The first-order valence-corrected chi connectivity index (χ1v) is 16.6. The van der Waals surface area contributed by atoms with Crippen molar-refractivity contribution < 1.29 is 4.58 Å². The van der Waals surface area contributed by atoms with Gasteiger partial charge in [-0.1, -0.05) is 0 Å². The van der Waals surface area contributed by atoms with E-state index in [9.17, 15) is 0 Å². The Bertz CT molecular complexity index is 2290. The quantitative estimate of drug-likeness (QED) is 0.136. The van der Waals surface area contributed by atoms with Gasteiger partial charge in [0, 0.05) is 17.8 Å². The van der Waals surface area contributed by atoms with Crippen LogP contribution in [0.4, 0.5) is 11.6 Å². The zero-order chi connectivity index (χ0) is 35.8. The van der Waals surface area contributed by atoms with Crippen molar-refractivity contribution in [1.82, 2.24) is 4.57 Å². The molecule has 6 heteroatoms. The molecule has 0 amide bonds. The maximum Gasteiger partial charge on any atom is 0.270 e. The number of hydrogen-bond donors (Lipinski definition) is 0. The fraction of sp³-hybridized carbons (Fsp3) is 0.357. The molecular formula is C42H51N6+. The van der Waals surface area contributed by atoms with Crippen LogP contribution in [0.2, 0.25) is 0 Å². The largest absolute Gasteiger partial charge is 0.313 e. The molecule has 0 N–H and O–H groups in total. The Labute approximate surface area is 286 Å². The average molecular weight is 640 g/mol. The number of aryl methyl sites for hydroxylation is 8. The second-order valence-corrected chi connectivity index (χ2v) is 13.6. The topological polar surface area (TPSA) is 57.4 Å². The number of rotatable bonds is 2. The van der Waals surface area contributed by atoms with Gasteiger partial charge in [0.05, 0.1) is 31.9 Å². The Balaban J connectivity index is 0.000000188. The van der Waals surface area contributed by atoms with Crippen LogP contribution in [0.25, 0.3) is 32.3 Å². The Morgan fingerprint density at radius 2 is 0.771 bits per heavy atom. The molecule has 2 heterocycles. The highest BCUT2D eigenvalue weighted by molar-refractivity contribution is 6.21. The molecule has 5 aromatic rings. The molecule has 0 saturated heterocycles. The van der Waals surface area contributed by atoms with Crippen molar-refractivity contribution in [3.63, 3.8) is 0 Å². The van der Waals surface area contributed by atoms with Crippen molar-refractivity contribution in [2.24, 2.45) is 27.0 Å². The van der Waals surface area contributed by atoms with E-state index < -0.39 is 0 Å². The van der Waals surface area contributed by atoms with Crippen LogP contribution in [0.1, 0.15) is 77.9 Å². The predicted octanol–water partition coefficient (Wildman–Crippen LogP) is 10.0. The predicted molar refractivity (Wildman–Crippen MR) is 212 cm³/mol. The van der Waals surface area contributed by atoms with E-state index in [0.717, 1.165) is 34.1 Å². The molecule has 1 aromatic heterocycles. The highest BCUT2D eigenvalue weighted by Gasteiger charge is 2.36. The maximum atomic E-state index is 4.54. The standard InChI is InChI=1S/C21H26N3.C21H25N3/c2*1-10-11(2)13(4)17-15(6)19-18(14(5)16(17)12(10)3)20(22-7)24(9)21(19)23-8/h7H2,1-6,8-9H3;7-8H2,1-6,9H3/q+1;. The van der Waals surface area contributed by atoms with E-state index in [4.69, 9.17) is 0 Å². The molecule has 0 spiro atoms. The Hall–Kier alpha value is -4.71. The first-order chi connectivity index (χ1) is 22.5. The van der Waals surface area contributed by atoms with Crippen LogP contribution < -0.4 is 0 Å². The van der Waals surface area contributed by atoms with Gasteiger partial charge < -0.3 is 4.57 Å². The minimum absolute atomic E-state index is 0.866. The van der Waals surface area contributed by atoms with Crippen molar-refractivity contribution in [1.29, 1.82) is 0 Å². The van der Waals surface area contributed by atoms with Gasteiger partial charge in [-0.2, -0.15) is 0 Å². The summed E-state index contributed by atoms with van der Waals surface area (Å²) in [6.45, 7) is 37.9. The van der Waals surface area contributed by atoms with Crippen molar-refractivity contribution in [3.8, 4) is 0 Å². The van der Waals surface area contributed by atoms with Gasteiger partial charge in [-0.05, 0) is 185 Å². The van der Waals surface area contributed by atoms with Gasteiger partial charge in [0.2, 0.25) is 0 Å². The highest BCUT2D eigenvalue weighted by Crippen LogP contribution is 2.47. The van der Waals surface area contributed by atoms with E-state index >= 15 is 0 Å². The third-order valence-corrected chi connectivity index (χ3v) is 11.7. The maximum absolute atomic E-state index is 4.54. The van der Waals surface area contributed by atoms with Crippen molar-refractivity contribution in [2.45, 2.75) is 83.1 Å². The van der Waals surface area contributed by atoms with E-state index in [1.165, 1.54) is 99.4 Å². The summed E-state index contributed by atoms with van der Waals surface area (Å²) < 4.78 is 4.05. The summed E-state index contributed by atoms with van der Waals surface area (Å²) in [4.78, 5) is 17.4. The third kappa shape index (κ3) is 4.41. The van der Waals surface area contributed by atoms with E-state index in [2.05, 4.69) is 128 Å². The lowest BCUT2D eigenvalue weighted by Gasteiger charge is -2.20. The Kier molecular flexibility index (Phi) is 8.70. The molecule has 6 rings (SSSR count). The molecule has 1 aliphatic heterocycles. The lowest BCUT2D eigenvalue weighted by atomic mass is 9.83. The van der Waals surface area contributed by atoms with Crippen molar-refractivity contribution >= 4 is 75.8 Å². The summed E-state index contributed by atoms with van der Waals surface area (Å²) >= 11 is 0. The summed E-state index contributed by atoms with van der Waals surface area (Å²) in [6.07, 6.45) is 0. The van der Waals surface area contributed by atoms with E-state index in [1.807, 2.05) is 25.7 Å². The minimum Gasteiger partial charge on any atom is -0.313 e. The molecule has 4 aromatic carbocycles. The van der Waals surface area contributed by atoms with Gasteiger partial charge in [-0.3, -0.25) is 0 Å². The van der Waals surface area contributed by atoms with Crippen molar-refractivity contribution in [2.75, 3.05) is 14.1 Å². The first-order valence-electron chi connectivity index (χ1n) is 16.6. The summed E-state index contributed by atoms with van der Waals surface area (Å²) in [6, 6.07) is 0. The van der Waals surface area contributed by atoms with Crippen LogP contribution in [0, 0.1) is 83.1 Å². The van der Waals surface area contributed by atoms with Crippen LogP contribution in [0.3, 0.4) is 0 Å². The molecule has 0 radical (unpaired) electrons. The lowest BCUT2D eigenvalue weighted by Crippen LogP contribution is -2.16. The Morgan fingerprint density at radius 1 is 0.438 bits per heavy atom. The zero-order valence-corrected chi connectivity index (χ0v) is 31.8. The molecule has 6 nitrogen and oxygen atoms in total. The van der Waals surface area contributed by atoms with Crippen LogP contribution in [0.5, 0.6) is 0 Å². The highest BCUT2D eigenvalue weighted by atomic mass is 15.1. The first kappa shape index (κ1) is 34.6. The number of aromatic nitrogens is 1. The molecule has 0 aliphatic carbocycles. The van der Waals surface area contributed by atoms with Gasteiger partial charge in [0.25, 0.3) is 11.7 Å². The third-order valence-electron chi connectivity index (χ3n) is 11.7. The van der Waals surface area contributed by atoms with Gasteiger partial charge >= 0.3 is 0 Å². The van der Waals surface area contributed by atoms with E-state index in [0.29, 0.717) is 0 Å². The number of amidine groups is 2. The van der Waals surface area contributed by atoms with Crippen LogP contribution >= 0.6 is 0 Å². The molecule has 0 saturated carbocycles. The summed E-state index contributed by atoms with van der Waals surface area (Å²) in [5, 5.41) is 7.69. The van der Waals surface area contributed by atoms with Crippen LogP contribution in [-0.2, 0) is 7.05 Å². The molecule has 0 unspecified atom stereocenters. The number of nitrogens with zero attached hydrogens (tertiary/aromatic N) is 6. The number of aliphatic imine (C=N–C) groups is 4. The van der Waals surface area contributed by atoms with Gasteiger partial charge in [-0.25, -0.2) is 14.6 Å². The van der Waals surface area contributed by atoms with Gasteiger partial charge in [0.1, 0.15) is 11.6 Å². The molecule has 1 aliphatic rings. The van der Waals surface area contributed by atoms with E-state index in [1.54, 1.807) is 0 Å². The second kappa shape index (κ2) is 12.1. The molecule has 248 valence electrons. The lowest BCUT2D eigenvalue weighted by molar-refractivity contribution is -0.367. The zero-order valence-electron chi connectivity index (χ0n) is 31.8. The molecule has 48 heavy (non-hydrogen) atoms. The van der Waals surface area contributed by atoms with Crippen LogP contribution in [-0.4, -0.2) is 55.1 Å². The van der Waals surface area contributed by atoms with Crippen LogP contribution in [0.15, 0.2) is 20.0 Å². The molecule has 0 fully saturated rings. The SMILES string of the molecule is C=NC1=[N+](C)C(=NC)c2c1c(C)c1c(C)c(C)c(C)c(C)c1c2C.C=Nc1c2c(C)c3c(C)c(C)c(C)c(C)c3c(C)c2c(N=C)n1C. The van der Waals surface area contributed by atoms with Gasteiger partial charge in [-0.15, -0.1) is 9.98 Å². The minimum atomic E-state index is 0.866. The summed E-state index contributed by atoms with van der Waals surface area (Å²) in [5.41, 5.74) is 18.4. The second-order valence-electron chi connectivity index (χ2n) is 13.6. The van der Waals surface area contributed by atoms with Gasteiger partial charge in [0.15, 0.2) is 0 Å². The number of fused-ring (bicyclic) bond motifs is 4. The Morgan fingerprint density at radius 3 is 1.08 bits per heavy atom. The fourth-order valence-electron chi connectivity index (χ4n) is 8.56.